The molecule has 4 heteroatoms. The summed E-state index contributed by atoms with van der Waals surface area (Å²) in [4.78, 5) is 0. The second-order valence-electron chi connectivity index (χ2n) is 5.66. The summed E-state index contributed by atoms with van der Waals surface area (Å²) < 4.78 is 22.2. The molecule has 0 bridgehead atoms. The van der Waals surface area contributed by atoms with Crippen LogP contribution in [0.1, 0.15) is 27.2 Å². The molecule has 0 spiro atoms. The molecule has 0 aromatic rings. The molecule has 1 aliphatic heterocycles. The molecule has 0 atom stereocenters. The second-order valence-corrected chi connectivity index (χ2v) is 5.66. The monoisotopic (exact) mass is 246 g/mol. The largest absolute Gasteiger partial charge is 0.384 e. The van der Waals surface area contributed by atoms with Crippen LogP contribution in [0.2, 0.25) is 0 Å². The smallest absolute Gasteiger partial charge is 0.162 e. The molecule has 1 aliphatic rings. The summed E-state index contributed by atoms with van der Waals surface area (Å²) in [5, 5.41) is 0. The van der Waals surface area contributed by atoms with E-state index in [0.29, 0.717) is 26.4 Å². The topological polar surface area (TPSA) is 36.9 Å². The van der Waals surface area contributed by atoms with Crippen molar-refractivity contribution in [1.82, 2.24) is 0 Å². The Bertz CT molecular complexity index is 211. The van der Waals surface area contributed by atoms with E-state index in [1.54, 1.807) is 14.2 Å². The third-order valence-corrected chi connectivity index (χ3v) is 3.53. The van der Waals surface area contributed by atoms with Crippen molar-refractivity contribution >= 4 is 0 Å². The van der Waals surface area contributed by atoms with Gasteiger partial charge in [-0.3, -0.25) is 0 Å². The highest BCUT2D eigenvalue weighted by atomic mass is 16.7. The number of hydrogen-bond donors (Lipinski definition) is 0. The van der Waals surface area contributed by atoms with E-state index in [4.69, 9.17) is 18.9 Å². The molecular weight excluding hydrogens is 220 g/mol. The lowest BCUT2D eigenvalue weighted by Crippen LogP contribution is -2.51. The molecule has 4 nitrogen and oxygen atoms in total. The summed E-state index contributed by atoms with van der Waals surface area (Å²) >= 11 is 0. The SMILES string of the molecule is CCC(C)(C)C1OCC(COC)(COC)CO1. The molecule has 1 saturated heterocycles. The zero-order valence-corrected chi connectivity index (χ0v) is 11.7. The third kappa shape index (κ3) is 3.65. The standard InChI is InChI=1S/C13H26O4/c1-6-12(2,3)11-16-9-13(7-14-4,8-15-5)10-17-11/h11H,6-10H2,1-5H3. The molecule has 0 N–H and O–H groups in total. The van der Waals surface area contributed by atoms with E-state index in [-0.39, 0.29) is 17.1 Å². The fourth-order valence-electron chi connectivity index (χ4n) is 2.03. The van der Waals surface area contributed by atoms with Gasteiger partial charge < -0.3 is 18.9 Å². The zero-order valence-electron chi connectivity index (χ0n) is 11.7. The van der Waals surface area contributed by atoms with E-state index in [9.17, 15) is 0 Å². The summed E-state index contributed by atoms with van der Waals surface area (Å²) in [6, 6.07) is 0. The molecule has 1 heterocycles. The fraction of sp³-hybridized carbons (Fsp3) is 1.00. The van der Waals surface area contributed by atoms with Gasteiger partial charge in [-0.05, 0) is 6.42 Å². The lowest BCUT2D eigenvalue weighted by molar-refractivity contribution is -0.281. The normalized spacial score (nSPS) is 21.7. The van der Waals surface area contributed by atoms with Gasteiger partial charge in [0.05, 0.1) is 31.8 Å². The molecule has 1 fully saturated rings. The van der Waals surface area contributed by atoms with Gasteiger partial charge in [-0.1, -0.05) is 20.8 Å². The van der Waals surface area contributed by atoms with E-state index < -0.39 is 0 Å². The summed E-state index contributed by atoms with van der Waals surface area (Å²) in [6.45, 7) is 8.93. The maximum atomic E-state index is 5.87. The van der Waals surface area contributed by atoms with Gasteiger partial charge in [0.15, 0.2) is 6.29 Å². The Labute approximate surface area is 105 Å². The van der Waals surface area contributed by atoms with E-state index >= 15 is 0 Å². The van der Waals surface area contributed by atoms with Crippen molar-refractivity contribution < 1.29 is 18.9 Å². The third-order valence-electron chi connectivity index (χ3n) is 3.53. The molecular formula is C13H26O4. The lowest BCUT2D eigenvalue weighted by Gasteiger charge is -2.43. The van der Waals surface area contributed by atoms with Crippen molar-refractivity contribution in [2.45, 2.75) is 33.5 Å². The molecule has 102 valence electrons. The van der Waals surface area contributed by atoms with Gasteiger partial charge in [0.2, 0.25) is 0 Å². The first-order chi connectivity index (χ1) is 7.99. The molecule has 0 aliphatic carbocycles. The first kappa shape index (κ1) is 14.9. The molecule has 17 heavy (non-hydrogen) atoms. The first-order valence-corrected chi connectivity index (χ1v) is 6.21. The van der Waals surface area contributed by atoms with Crippen LogP contribution in [0.15, 0.2) is 0 Å². The van der Waals surface area contributed by atoms with E-state index in [2.05, 4.69) is 20.8 Å². The van der Waals surface area contributed by atoms with Gasteiger partial charge in [0.25, 0.3) is 0 Å². The average Bonchev–Trinajstić information content (AvgIpc) is 2.30. The summed E-state index contributed by atoms with van der Waals surface area (Å²) in [5.41, 5.74) is -0.115. The van der Waals surface area contributed by atoms with E-state index in [1.807, 2.05) is 0 Å². The second kappa shape index (κ2) is 6.14. The van der Waals surface area contributed by atoms with Crippen LogP contribution < -0.4 is 0 Å². The van der Waals surface area contributed by atoms with Gasteiger partial charge in [-0.2, -0.15) is 0 Å². The lowest BCUT2D eigenvalue weighted by atomic mass is 9.86. The minimum atomic E-state index is -0.163. The quantitative estimate of drug-likeness (QED) is 0.719. The Balaban J connectivity index is 2.58. The molecule has 0 amide bonds. The van der Waals surface area contributed by atoms with Crippen molar-refractivity contribution in [1.29, 1.82) is 0 Å². The zero-order chi connectivity index (χ0) is 12.9. The summed E-state index contributed by atoms with van der Waals surface area (Å²) in [5.74, 6) is 0. The highest BCUT2D eigenvalue weighted by molar-refractivity contribution is 4.84. The van der Waals surface area contributed by atoms with Crippen LogP contribution in [-0.2, 0) is 18.9 Å². The van der Waals surface area contributed by atoms with Crippen molar-refractivity contribution in [3.8, 4) is 0 Å². The van der Waals surface area contributed by atoms with Crippen molar-refractivity contribution in [2.75, 3.05) is 40.6 Å². The summed E-state index contributed by atoms with van der Waals surface area (Å²) in [7, 11) is 3.39. The maximum Gasteiger partial charge on any atom is 0.162 e. The van der Waals surface area contributed by atoms with Crippen molar-refractivity contribution in [3.05, 3.63) is 0 Å². The van der Waals surface area contributed by atoms with Crippen LogP contribution in [0.5, 0.6) is 0 Å². The molecule has 0 saturated carbocycles. The van der Waals surface area contributed by atoms with Gasteiger partial charge >= 0.3 is 0 Å². The number of methoxy groups -OCH3 is 2. The highest BCUT2D eigenvalue weighted by Crippen LogP contribution is 2.35. The predicted octanol–water partition coefficient (Wildman–Crippen LogP) is 2.07. The highest BCUT2D eigenvalue weighted by Gasteiger charge is 2.41. The molecule has 1 rings (SSSR count). The molecule has 0 radical (unpaired) electrons. The number of ether oxygens (including phenoxy) is 4. The van der Waals surface area contributed by atoms with Gasteiger partial charge in [0, 0.05) is 19.6 Å². The van der Waals surface area contributed by atoms with Gasteiger partial charge in [-0.25, -0.2) is 0 Å². The Hall–Kier alpha value is -0.160. The minimum Gasteiger partial charge on any atom is -0.384 e. The minimum absolute atomic E-state index is 0.0479. The van der Waals surface area contributed by atoms with Crippen LogP contribution in [0.25, 0.3) is 0 Å². The Morgan fingerprint density at radius 3 is 1.94 bits per heavy atom. The predicted molar refractivity (Wildman–Crippen MR) is 65.9 cm³/mol. The van der Waals surface area contributed by atoms with E-state index in [0.717, 1.165) is 6.42 Å². The summed E-state index contributed by atoms with van der Waals surface area (Å²) in [6.07, 6.45) is 0.897. The number of rotatable bonds is 6. The van der Waals surface area contributed by atoms with Crippen LogP contribution >= 0.6 is 0 Å². The van der Waals surface area contributed by atoms with Gasteiger partial charge in [0.1, 0.15) is 0 Å². The van der Waals surface area contributed by atoms with E-state index in [1.165, 1.54) is 0 Å². The molecule has 0 aromatic heterocycles. The Kier molecular flexibility index (Phi) is 5.38. The van der Waals surface area contributed by atoms with Gasteiger partial charge in [-0.15, -0.1) is 0 Å². The van der Waals surface area contributed by atoms with Crippen molar-refractivity contribution in [3.63, 3.8) is 0 Å². The van der Waals surface area contributed by atoms with Crippen LogP contribution in [0, 0.1) is 10.8 Å². The molecule has 0 unspecified atom stereocenters. The van der Waals surface area contributed by atoms with Crippen LogP contribution in [0.4, 0.5) is 0 Å². The molecule has 0 aromatic carbocycles. The Morgan fingerprint density at radius 2 is 1.59 bits per heavy atom. The van der Waals surface area contributed by atoms with Crippen molar-refractivity contribution in [2.24, 2.45) is 10.8 Å². The fourth-order valence-corrected chi connectivity index (χ4v) is 2.03. The average molecular weight is 246 g/mol. The number of hydrogen-bond acceptors (Lipinski definition) is 4. The maximum absolute atomic E-state index is 5.87. The first-order valence-electron chi connectivity index (χ1n) is 6.21. The van der Waals surface area contributed by atoms with Crippen LogP contribution in [-0.4, -0.2) is 46.9 Å². The van der Waals surface area contributed by atoms with Crippen LogP contribution in [0.3, 0.4) is 0 Å². The Morgan fingerprint density at radius 1 is 1.12 bits per heavy atom.